The molecule has 0 aliphatic rings. The van der Waals surface area contributed by atoms with Gasteiger partial charge in [-0.3, -0.25) is 4.79 Å². The molecular weight excluding hydrogens is 214 g/mol. The number of rotatable bonds is 3. The summed E-state index contributed by atoms with van der Waals surface area (Å²) in [6.45, 7) is 12.3. The highest BCUT2D eigenvalue weighted by Crippen LogP contribution is 2.21. The molecule has 1 amide bonds. The van der Waals surface area contributed by atoms with Gasteiger partial charge in [0.05, 0.1) is 6.54 Å². The minimum atomic E-state index is -0.355. The summed E-state index contributed by atoms with van der Waals surface area (Å²) in [4.78, 5) is 14.2. The Morgan fingerprint density at radius 3 is 2.29 bits per heavy atom. The van der Waals surface area contributed by atoms with Crippen molar-refractivity contribution in [2.24, 2.45) is 5.41 Å². The summed E-state index contributed by atoms with van der Waals surface area (Å²) < 4.78 is 5.53. The lowest BCUT2D eigenvalue weighted by atomic mass is 9.94. The van der Waals surface area contributed by atoms with Crippen molar-refractivity contribution in [2.75, 3.05) is 0 Å². The molecule has 0 aromatic carbocycles. The quantitative estimate of drug-likeness (QED) is 0.807. The van der Waals surface area contributed by atoms with Crippen LogP contribution in [-0.4, -0.2) is 16.8 Å². The van der Waals surface area contributed by atoms with E-state index < -0.39 is 0 Å². The predicted octanol–water partition coefficient (Wildman–Crippen LogP) is 3.37. The lowest BCUT2D eigenvalue weighted by Crippen LogP contribution is -2.43. The van der Waals surface area contributed by atoms with E-state index in [0.29, 0.717) is 6.54 Å². The molecule has 0 aliphatic heterocycles. The van der Waals surface area contributed by atoms with Gasteiger partial charge in [-0.1, -0.05) is 20.8 Å². The van der Waals surface area contributed by atoms with Crippen molar-refractivity contribution in [2.45, 2.75) is 54.1 Å². The fourth-order valence-electron chi connectivity index (χ4n) is 1.66. The molecule has 1 aromatic rings. The second-order valence-electron chi connectivity index (χ2n) is 5.79. The van der Waals surface area contributed by atoms with Crippen LogP contribution in [0, 0.1) is 12.3 Å². The van der Waals surface area contributed by atoms with E-state index >= 15 is 0 Å². The summed E-state index contributed by atoms with van der Waals surface area (Å²) >= 11 is 0. The number of hydrogen-bond donors (Lipinski definition) is 0. The number of carbonyl (C=O) groups is 1. The maximum atomic E-state index is 12.3. The molecule has 96 valence electrons. The van der Waals surface area contributed by atoms with Gasteiger partial charge < -0.3 is 9.32 Å². The van der Waals surface area contributed by atoms with Crippen molar-refractivity contribution >= 4 is 5.91 Å². The van der Waals surface area contributed by atoms with Crippen LogP contribution in [0.1, 0.15) is 46.1 Å². The standard InChI is InChI=1S/C14H23NO2/c1-10(2)15(13(16)14(4,5)6)9-12-8-7-11(3)17-12/h7-8,10H,9H2,1-6H3. The maximum absolute atomic E-state index is 12.3. The van der Waals surface area contributed by atoms with Gasteiger partial charge >= 0.3 is 0 Å². The number of hydrogen-bond acceptors (Lipinski definition) is 2. The molecule has 1 aromatic heterocycles. The van der Waals surface area contributed by atoms with Gasteiger partial charge in [0.25, 0.3) is 0 Å². The highest BCUT2D eigenvalue weighted by molar-refractivity contribution is 5.81. The summed E-state index contributed by atoms with van der Waals surface area (Å²) in [7, 11) is 0. The predicted molar refractivity (Wildman–Crippen MR) is 68.6 cm³/mol. The first kappa shape index (κ1) is 13.8. The molecule has 0 saturated heterocycles. The molecule has 0 radical (unpaired) electrons. The van der Waals surface area contributed by atoms with Crippen LogP contribution < -0.4 is 0 Å². The van der Waals surface area contributed by atoms with Crippen LogP contribution in [-0.2, 0) is 11.3 Å². The van der Waals surface area contributed by atoms with Gasteiger partial charge in [0, 0.05) is 11.5 Å². The van der Waals surface area contributed by atoms with E-state index in [0.717, 1.165) is 11.5 Å². The maximum Gasteiger partial charge on any atom is 0.228 e. The summed E-state index contributed by atoms with van der Waals surface area (Å²) in [5, 5.41) is 0. The van der Waals surface area contributed by atoms with E-state index in [1.807, 2.05) is 58.6 Å². The molecule has 0 atom stereocenters. The van der Waals surface area contributed by atoms with Crippen LogP contribution in [0.2, 0.25) is 0 Å². The van der Waals surface area contributed by atoms with E-state index in [1.54, 1.807) is 0 Å². The van der Waals surface area contributed by atoms with Crippen LogP contribution in [0.3, 0.4) is 0 Å². The van der Waals surface area contributed by atoms with Gasteiger partial charge in [-0.2, -0.15) is 0 Å². The van der Waals surface area contributed by atoms with Gasteiger partial charge in [-0.15, -0.1) is 0 Å². The molecule has 0 N–H and O–H groups in total. The molecule has 0 fully saturated rings. The molecule has 1 heterocycles. The number of nitrogens with zero attached hydrogens (tertiary/aromatic N) is 1. The molecule has 0 bridgehead atoms. The largest absolute Gasteiger partial charge is 0.464 e. The van der Waals surface area contributed by atoms with Crippen molar-refractivity contribution in [3.63, 3.8) is 0 Å². The fraction of sp³-hybridized carbons (Fsp3) is 0.643. The topological polar surface area (TPSA) is 33.5 Å². The number of aryl methyl sites for hydroxylation is 1. The van der Waals surface area contributed by atoms with Gasteiger partial charge in [0.2, 0.25) is 5.91 Å². The first-order valence-electron chi connectivity index (χ1n) is 6.08. The zero-order valence-electron chi connectivity index (χ0n) is 11.7. The number of carbonyl (C=O) groups excluding carboxylic acids is 1. The third-order valence-corrected chi connectivity index (χ3v) is 2.65. The molecule has 0 spiro atoms. The monoisotopic (exact) mass is 237 g/mol. The van der Waals surface area contributed by atoms with Crippen LogP contribution in [0.25, 0.3) is 0 Å². The number of furan rings is 1. The van der Waals surface area contributed by atoms with Crippen LogP contribution in [0.5, 0.6) is 0 Å². The van der Waals surface area contributed by atoms with E-state index in [2.05, 4.69) is 0 Å². The van der Waals surface area contributed by atoms with Crippen molar-refractivity contribution in [1.29, 1.82) is 0 Å². The first-order chi connectivity index (χ1) is 7.71. The average molecular weight is 237 g/mol. The van der Waals surface area contributed by atoms with Gasteiger partial charge in [-0.25, -0.2) is 0 Å². The molecular formula is C14H23NO2. The average Bonchev–Trinajstić information content (AvgIpc) is 2.57. The smallest absolute Gasteiger partial charge is 0.228 e. The molecule has 1 rings (SSSR count). The minimum absolute atomic E-state index is 0.154. The number of amides is 1. The first-order valence-corrected chi connectivity index (χ1v) is 6.08. The molecule has 3 nitrogen and oxygen atoms in total. The Kier molecular flexibility index (Phi) is 4.02. The Balaban J connectivity index is 2.84. The Labute approximate surface area is 104 Å². The van der Waals surface area contributed by atoms with Gasteiger partial charge in [-0.05, 0) is 32.9 Å². The van der Waals surface area contributed by atoms with E-state index in [9.17, 15) is 4.79 Å². The summed E-state index contributed by atoms with van der Waals surface area (Å²) in [6.07, 6.45) is 0. The zero-order chi connectivity index (χ0) is 13.2. The Morgan fingerprint density at radius 1 is 1.35 bits per heavy atom. The summed E-state index contributed by atoms with van der Waals surface area (Å²) in [5.74, 6) is 1.88. The fourth-order valence-corrected chi connectivity index (χ4v) is 1.66. The van der Waals surface area contributed by atoms with Crippen molar-refractivity contribution in [3.05, 3.63) is 23.7 Å². The third kappa shape index (κ3) is 3.62. The van der Waals surface area contributed by atoms with Crippen LogP contribution >= 0.6 is 0 Å². The van der Waals surface area contributed by atoms with E-state index in [4.69, 9.17) is 4.42 Å². The van der Waals surface area contributed by atoms with Crippen LogP contribution in [0.15, 0.2) is 16.5 Å². The lowest BCUT2D eigenvalue weighted by Gasteiger charge is -2.32. The minimum Gasteiger partial charge on any atom is -0.464 e. The Bertz CT molecular complexity index is 385. The SMILES string of the molecule is Cc1ccc(CN(C(=O)C(C)(C)C)C(C)C)o1. The summed E-state index contributed by atoms with van der Waals surface area (Å²) in [6, 6.07) is 4.03. The molecule has 0 saturated carbocycles. The van der Waals surface area contributed by atoms with Gasteiger partial charge in [0.1, 0.15) is 11.5 Å². The zero-order valence-corrected chi connectivity index (χ0v) is 11.7. The van der Waals surface area contributed by atoms with Crippen LogP contribution in [0.4, 0.5) is 0 Å². The highest BCUT2D eigenvalue weighted by atomic mass is 16.3. The molecule has 3 heteroatoms. The Morgan fingerprint density at radius 2 is 1.94 bits per heavy atom. The molecule has 0 unspecified atom stereocenters. The van der Waals surface area contributed by atoms with E-state index in [1.165, 1.54) is 0 Å². The second-order valence-corrected chi connectivity index (χ2v) is 5.79. The normalized spacial score (nSPS) is 11.9. The lowest BCUT2D eigenvalue weighted by molar-refractivity contribution is -0.142. The molecule has 17 heavy (non-hydrogen) atoms. The Hall–Kier alpha value is -1.25. The van der Waals surface area contributed by atoms with Crippen molar-refractivity contribution < 1.29 is 9.21 Å². The second kappa shape index (κ2) is 4.94. The van der Waals surface area contributed by atoms with Crippen molar-refractivity contribution in [1.82, 2.24) is 4.90 Å². The summed E-state index contributed by atoms with van der Waals surface area (Å²) in [5.41, 5.74) is -0.355. The van der Waals surface area contributed by atoms with Gasteiger partial charge in [0.15, 0.2) is 0 Å². The third-order valence-electron chi connectivity index (χ3n) is 2.65. The van der Waals surface area contributed by atoms with Crippen molar-refractivity contribution in [3.8, 4) is 0 Å². The molecule has 0 aliphatic carbocycles. The van der Waals surface area contributed by atoms with E-state index in [-0.39, 0.29) is 17.4 Å². The highest BCUT2D eigenvalue weighted by Gasteiger charge is 2.29.